The fourth-order valence-electron chi connectivity index (χ4n) is 5.14. The van der Waals surface area contributed by atoms with E-state index in [2.05, 4.69) is 27.0 Å². The number of amides is 2. The lowest BCUT2D eigenvalue weighted by molar-refractivity contribution is 0.0240. The van der Waals surface area contributed by atoms with E-state index in [0.29, 0.717) is 37.8 Å². The van der Waals surface area contributed by atoms with Crippen LogP contribution in [0.3, 0.4) is 0 Å². The molecule has 3 aromatic rings. The van der Waals surface area contributed by atoms with E-state index in [1.807, 2.05) is 63.2 Å². The molecular weight excluding hydrogens is 480 g/mol. The summed E-state index contributed by atoms with van der Waals surface area (Å²) in [7, 11) is 0. The van der Waals surface area contributed by atoms with Crippen molar-refractivity contribution in [2.75, 3.05) is 42.9 Å². The molecule has 2 aromatic carbocycles. The molecule has 2 amide bonds. The third kappa shape index (κ3) is 6.10. The van der Waals surface area contributed by atoms with Gasteiger partial charge in [0.2, 0.25) is 0 Å². The number of anilines is 2. The van der Waals surface area contributed by atoms with Crippen LogP contribution in [0.15, 0.2) is 42.5 Å². The Morgan fingerprint density at radius 2 is 1.79 bits per heavy atom. The van der Waals surface area contributed by atoms with E-state index in [4.69, 9.17) is 9.72 Å². The Hall–Kier alpha value is -3.59. The number of carbonyl (C=O) groups is 2. The summed E-state index contributed by atoms with van der Waals surface area (Å²) < 4.78 is 5.48. The maximum absolute atomic E-state index is 12.9. The van der Waals surface area contributed by atoms with Gasteiger partial charge >= 0.3 is 6.09 Å². The van der Waals surface area contributed by atoms with Gasteiger partial charge in [0.05, 0.1) is 17.6 Å². The number of fused-ring (bicyclic) bond motifs is 1. The average Bonchev–Trinajstić information content (AvgIpc) is 3.48. The fraction of sp³-hybridized carbons (Fsp3) is 0.483. The van der Waals surface area contributed by atoms with Gasteiger partial charge in [-0.2, -0.15) is 0 Å². The van der Waals surface area contributed by atoms with Crippen molar-refractivity contribution in [3.05, 3.63) is 53.9 Å². The van der Waals surface area contributed by atoms with Crippen molar-refractivity contribution in [1.29, 1.82) is 0 Å². The van der Waals surface area contributed by atoms with Gasteiger partial charge in [-0.25, -0.2) is 9.78 Å². The minimum absolute atomic E-state index is 0.156. The molecule has 2 aliphatic rings. The molecule has 0 saturated carbocycles. The first-order valence-corrected chi connectivity index (χ1v) is 13.5. The smallest absolute Gasteiger partial charge is 0.410 e. The second-order valence-electron chi connectivity index (χ2n) is 11.3. The number of nitrogens with zero attached hydrogens (tertiary/aromatic N) is 4. The zero-order chi connectivity index (χ0) is 26.9. The molecular formula is C29H38N6O3. The van der Waals surface area contributed by atoms with Gasteiger partial charge in [0.25, 0.3) is 5.91 Å². The number of benzene rings is 2. The molecule has 38 heavy (non-hydrogen) atoms. The average molecular weight is 519 g/mol. The van der Waals surface area contributed by atoms with Gasteiger partial charge in [-0.15, -0.1) is 0 Å². The predicted octanol–water partition coefficient (Wildman–Crippen LogP) is 4.86. The number of aromatic nitrogens is 2. The number of carbonyl (C=O) groups excluding carboxylic acids is 2. The first kappa shape index (κ1) is 26.0. The predicted molar refractivity (Wildman–Crippen MR) is 150 cm³/mol. The summed E-state index contributed by atoms with van der Waals surface area (Å²) >= 11 is 0. The standard InChI is InChI=1S/C29H38N6O3/c1-20-6-5-13-35(20)19-26-31-24-12-9-22(18-25(24)32-26)30-27(36)21-7-10-23(11-8-21)33-14-16-34(17-15-33)28(37)38-29(2,3)4/h7-12,18,20H,5-6,13-17,19H2,1-4H3,(H,30,36)(H,31,32)/t20-/m0/s1. The summed E-state index contributed by atoms with van der Waals surface area (Å²) in [5, 5.41) is 3.01. The van der Waals surface area contributed by atoms with E-state index < -0.39 is 5.60 Å². The van der Waals surface area contributed by atoms with Crippen LogP contribution in [0.5, 0.6) is 0 Å². The molecule has 0 spiro atoms. The summed E-state index contributed by atoms with van der Waals surface area (Å²) in [6.07, 6.45) is 2.21. The van der Waals surface area contributed by atoms with Gasteiger partial charge in [0, 0.05) is 49.2 Å². The summed E-state index contributed by atoms with van der Waals surface area (Å²) in [5.41, 5.74) is 3.68. The molecule has 0 unspecified atom stereocenters. The molecule has 9 heteroatoms. The molecule has 5 rings (SSSR count). The molecule has 2 saturated heterocycles. The maximum Gasteiger partial charge on any atom is 0.410 e. The molecule has 2 aliphatic heterocycles. The second-order valence-corrected chi connectivity index (χ2v) is 11.3. The Morgan fingerprint density at radius 1 is 1.05 bits per heavy atom. The number of hydrogen-bond donors (Lipinski definition) is 2. The lowest BCUT2D eigenvalue weighted by Crippen LogP contribution is -2.50. The van der Waals surface area contributed by atoms with Crippen LogP contribution in [-0.2, 0) is 11.3 Å². The zero-order valence-electron chi connectivity index (χ0n) is 22.8. The molecule has 1 aromatic heterocycles. The van der Waals surface area contributed by atoms with Crippen LogP contribution in [0, 0.1) is 0 Å². The lowest BCUT2D eigenvalue weighted by atomic mass is 10.1. The van der Waals surface area contributed by atoms with E-state index in [-0.39, 0.29) is 12.0 Å². The summed E-state index contributed by atoms with van der Waals surface area (Å²) in [4.78, 5) is 39.8. The highest BCUT2D eigenvalue weighted by atomic mass is 16.6. The summed E-state index contributed by atoms with van der Waals surface area (Å²) in [5.74, 6) is 0.802. The topological polar surface area (TPSA) is 93.8 Å². The Balaban J connectivity index is 1.16. The number of nitrogens with one attached hydrogen (secondary N) is 2. The van der Waals surface area contributed by atoms with Gasteiger partial charge in [0.1, 0.15) is 11.4 Å². The molecule has 0 aliphatic carbocycles. The van der Waals surface area contributed by atoms with Crippen LogP contribution in [-0.4, -0.2) is 76.1 Å². The van der Waals surface area contributed by atoms with Crippen molar-refractivity contribution >= 4 is 34.4 Å². The van der Waals surface area contributed by atoms with E-state index in [0.717, 1.165) is 41.3 Å². The molecule has 0 radical (unpaired) electrons. The highest BCUT2D eigenvalue weighted by molar-refractivity contribution is 6.05. The van der Waals surface area contributed by atoms with Crippen LogP contribution in [0.25, 0.3) is 11.0 Å². The Kier molecular flexibility index (Phi) is 7.29. The SMILES string of the molecule is C[C@H]1CCCN1Cc1nc2ccc(NC(=O)c3ccc(N4CCN(C(=O)OC(C)(C)C)CC4)cc3)cc2[nH]1. The van der Waals surface area contributed by atoms with Gasteiger partial charge in [-0.1, -0.05) is 0 Å². The van der Waals surface area contributed by atoms with Gasteiger partial charge in [-0.05, 0) is 89.5 Å². The van der Waals surface area contributed by atoms with Crippen LogP contribution >= 0.6 is 0 Å². The van der Waals surface area contributed by atoms with Crippen LogP contribution in [0.1, 0.15) is 56.7 Å². The first-order valence-electron chi connectivity index (χ1n) is 13.5. The van der Waals surface area contributed by atoms with Crippen molar-refractivity contribution in [3.8, 4) is 0 Å². The summed E-state index contributed by atoms with van der Waals surface area (Å²) in [6, 6.07) is 14.0. The molecule has 1 atom stereocenters. The number of hydrogen-bond acceptors (Lipinski definition) is 6. The monoisotopic (exact) mass is 518 g/mol. The van der Waals surface area contributed by atoms with Crippen molar-refractivity contribution in [2.45, 2.75) is 58.7 Å². The van der Waals surface area contributed by atoms with E-state index in [9.17, 15) is 9.59 Å². The van der Waals surface area contributed by atoms with Gasteiger partial charge in [-0.3, -0.25) is 9.69 Å². The number of piperazine rings is 1. The first-order chi connectivity index (χ1) is 18.1. The number of H-pyrrole nitrogens is 1. The molecule has 9 nitrogen and oxygen atoms in total. The molecule has 0 bridgehead atoms. The normalized spacial score (nSPS) is 18.7. The number of aromatic amines is 1. The summed E-state index contributed by atoms with van der Waals surface area (Å²) in [6.45, 7) is 12.5. The lowest BCUT2D eigenvalue weighted by Gasteiger charge is -2.36. The van der Waals surface area contributed by atoms with Crippen molar-refractivity contribution in [2.24, 2.45) is 0 Å². The maximum atomic E-state index is 12.9. The van der Waals surface area contributed by atoms with Crippen molar-refractivity contribution in [3.63, 3.8) is 0 Å². The van der Waals surface area contributed by atoms with Crippen LogP contribution < -0.4 is 10.2 Å². The third-order valence-electron chi connectivity index (χ3n) is 7.26. The Morgan fingerprint density at radius 3 is 2.45 bits per heavy atom. The van der Waals surface area contributed by atoms with Gasteiger partial charge in [0.15, 0.2) is 0 Å². The minimum Gasteiger partial charge on any atom is -0.444 e. The molecule has 3 heterocycles. The van der Waals surface area contributed by atoms with Gasteiger partial charge < -0.3 is 24.8 Å². The van der Waals surface area contributed by atoms with Crippen molar-refractivity contribution < 1.29 is 14.3 Å². The highest BCUT2D eigenvalue weighted by Gasteiger charge is 2.26. The Bertz CT molecular complexity index is 1290. The fourth-order valence-corrected chi connectivity index (χ4v) is 5.14. The Labute approximate surface area is 224 Å². The zero-order valence-corrected chi connectivity index (χ0v) is 22.8. The van der Waals surface area contributed by atoms with E-state index >= 15 is 0 Å². The number of imidazole rings is 1. The minimum atomic E-state index is -0.496. The van der Waals surface area contributed by atoms with Crippen LogP contribution in [0.2, 0.25) is 0 Å². The number of likely N-dealkylation sites (tertiary alicyclic amines) is 1. The van der Waals surface area contributed by atoms with E-state index in [1.54, 1.807) is 4.90 Å². The highest BCUT2D eigenvalue weighted by Crippen LogP contribution is 2.23. The quantitative estimate of drug-likeness (QED) is 0.501. The molecule has 2 fully saturated rings. The van der Waals surface area contributed by atoms with Crippen molar-refractivity contribution in [1.82, 2.24) is 19.8 Å². The molecule has 2 N–H and O–H groups in total. The largest absolute Gasteiger partial charge is 0.444 e. The second kappa shape index (κ2) is 10.6. The third-order valence-corrected chi connectivity index (χ3v) is 7.26. The number of ether oxygens (including phenoxy) is 1. The number of rotatable bonds is 5. The molecule has 202 valence electrons. The van der Waals surface area contributed by atoms with Crippen LogP contribution in [0.4, 0.5) is 16.2 Å². The van der Waals surface area contributed by atoms with E-state index in [1.165, 1.54) is 12.8 Å².